The summed E-state index contributed by atoms with van der Waals surface area (Å²) in [6, 6.07) is 19.3. The predicted octanol–water partition coefficient (Wildman–Crippen LogP) is 8.45. The van der Waals surface area contributed by atoms with Crippen LogP contribution in [0, 0.1) is 20.8 Å². The van der Waals surface area contributed by atoms with Gasteiger partial charge >= 0.3 is 30.2 Å². The molecule has 0 radical (unpaired) electrons. The van der Waals surface area contributed by atoms with Crippen LogP contribution in [0.2, 0.25) is 0 Å². The van der Waals surface area contributed by atoms with Crippen molar-refractivity contribution in [2.24, 2.45) is 0 Å². The molecule has 0 unspecified atom stereocenters. The number of fused-ring (bicyclic) bond motifs is 2. The number of hydrogen-bond acceptors (Lipinski definition) is 0. The van der Waals surface area contributed by atoms with Gasteiger partial charge < -0.3 is 0 Å². The van der Waals surface area contributed by atoms with Gasteiger partial charge in [0, 0.05) is 0 Å². The van der Waals surface area contributed by atoms with Crippen LogP contribution in [-0.2, 0) is 47.0 Å². The third kappa shape index (κ3) is 10.0. The van der Waals surface area contributed by atoms with Crippen LogP contribution < -0.4 is 0 Å². The minimum absolute atomic E-state index is 0. The van der Waals surface area contributed by atoms with Crippen LogP contribution in [0.1, 0.15) is 92.3 Å². The van der Waals surface area contributed by atoms with Crippen molar-refractivity contribution in [3.8, 4) is 0 Å². The molecule has 194 valence electrons. The first kappa shape index (κ1) is 34.5. The van der Waals surface area contributed by atoms with Gasteiger partial charge in [0.2, 0.25) is 0 Å². The van der Waals surface area contributed by atoms with Crippen LogP contribution in [0.4, 0.5) is 0 Å². The molecule has 0 amide bonds. The molecule has 0 nitrogen and oxygen atoms in total. The van der Waals surface area contributed by atoms with Crippen molar-refractivity contribution in [2.75, 3.05) is 0 Å². The van der Waals surface area contributed by atoms with E-state index in [1.165, 1.54) is 49.7 Å². The number of rotatable bonds is 0. The van der Waals surface area contributed by atoms with Gasteiger partial charge in [0.15, 0.2) is 0 Å². The summed E-state index contributed by atoms with van der Waals surface area (Å²) < 4.78 is 0. The quantitative estimate of drug-likeness (QED) is 0.178. The number of benzene rings is 1. The Balaban J connectivity index is 0.000000480. The van der Waals surface area contributed by atoms with Crippen LogP contribution in [0.15, 0.2) is 54.6 Å². The molecule has 2 aliphatic rings. The van der Waals surface area contributed by atoms with Crippen LogP contribution in [0.25, 0.3) is 0 Å². The Morgan fingerprint density at radius 2 is 1.11 bits per heavy atom. The van der Waals surface area contributed by atoms with Gasteiger partial charge in [-0.1, -0.05) is 97.0 Å². The third-order valence-corrected chi connectivity index (χ3v) is 7.04. The number of aryl methyl sites for hydroxylation is 4. The number of halogens is 2. The molecule has 0 aliphatic heterocycles. The molecule has 0 fully saturated rings. The maximum atomic E-state index is 3.72. The maximum absolute atomic E-state index is 3.72. The zero-order valence-electron chi connectivity index (χ0n) is 22.7. The van der Waals surface area contributed by atoms with E-state index < -0.39 is 0 Å². The summed E-state index contributed by atoms with van der Waals surface area (Å²) >= 11 is 1.58. The summed E-state index contributed by atoms with van der Waals surface area (Å²) in [5.41, 5.74) is 11.2. The Kier molecular flexibility index (Phi) is 15.4. The molecule has 0 N–H and O–H groups in total. The average molecular weight is 608 g/mol. The molecule has 35 heavy (non-hydrogen) atoms. The molecule has 3 aromatic rings. The van der Waals surface area contributed by atoms with Gasteiger partial charge in [-0.3, -0.25) is 0 Å². The Bertz CT molecular complexity index is 936. The van der Waals surface area contributed by atoms with E-state index in [2.05, 4.69) is 72.7 Å². The standard InChI is InChI=1S/2C12H17.C7H7.2ClH.H2Si.Zr/c2*1-9-7-10-5-4-6-12(2,3)11(10)8-9;1-7-5-3-2-4-6-7;;;;/h2*7-8H,4-6H2,1-3H3;2-6H,1H2;2*1H;1H2;/q3*-1;;;;. The van der Waals surface area contributed by atoms with Crippen LogP contribution in [-0.4, -0.2) is 6.88 Å². The van der Waals surface area contributed by atoms with E-state index >= 15 is 0 Å². The first-order valence-corrected chi connectivity index (χ1v) is 18.3. The third-order valence-electron chi connectivity index (χ3n) is 7.04. The molecule has 0 spiro atoms. The van der Waals surface area contributed by atoms with Gasteiger partial charge in [-0.25, -0.2) is 12.1 Å². The van der Waals surface area contributed by atoms with Gasteiger partial charge in [-0.2, -0.15) is 70.1 Å². The van der Waals surface area contributed by atoms with Crippen molar-refractivity contribution in [1.29, 1.82) is 0 Å². The second kappa shape index (κ2) is 15.7. The molecule has 2 aliphatic carbocycles. The zero-order valence-corrected chi connectivity index (χ0v) is 28.2. The van der Waals surface area contributed by atoms with E-state index in [1.807, 2.05) is 37.2 Å². The Morgan fingerprint density at radius 3 is 1.40 bits per heavy atom. The van der Waals surface area contributed by atoms with Crippen molar-refractivity contribution in [2.45, 2.75) is 90.9 Å². The summed E-state index contributed by atoms with van der Waals surface area (Å²) in [5.74, 6) is 0. The molecule has 0 aromatic heterocycles. The summed E-state index contributed by atoms with van der Waals surface area (Å²) in [6.07, 6.45) is 8.03. The van der Waals surface area contributed by atoms with E-state index in [9.17, 15) is 0 Å². The van der Waals surface area contributed by atoms with Crippen molar-refractivity contribution in [3.05, 3.63) is 100 Å². The molecular formula is C31H45Cl2SiZr-3. The van der Waals surface area contributed by atoms with Gasteiger partial charge in [-0.05, 0) is 0 Å². The molecule has 0 bridgehead atoms. The summed E-state index contributed by atoms with van der Waals surface area (Å²) in [6.45, 7) is 19.5. The Labute approximate surface area is 244 Å². The Morgan fingerprint density at radius 1 is 0.743 bits per heavy atom. The van der Waals surface area contributed by atoms with Crippen molar-refractivity contribution in [1.82, 2.24) is 0 Å². The van der Waals surface area contributed by atoms with Crippen molar-refractivity contribution >= 4 is 31.7 Å². The van der Waals surface area contributed by atoms with E-state index in [-0.39, 0.29) is 24.8 Å². The monoisotopic (exact) mass is 605 g/mol. The summed E-state index contributed by atoms with van der Waals surface area (Å²) in [5, 5.41) is 0. The van der Waals surface area contributed by atoms with Gasteiger partial charge in [0.1, 0.15) is 0 Å². The fourth-order valence-electron chi connectivity index (χ4n) is 5.29. The summed E-state index contributed by atoms with van der Waals surface area (Å²) in [4.78, 5) is 0. The first-order valence-electron chi connectivity index (χ1n) is 12.3. The van der Waals surface area contributed by atoms with Crippen molar-refractivity contribution in [3.63, 3.8) is 0 Å². The minimum atomic E-state index is 0. The SMILES string of the molecule is Cc1cc2c([cH-]1)CCCC2(C)C.Cc1cc2c([cH-]1)CCCC2(C)C.Cl.Cl.[CH2-]c1ccccc1.[SiH2]=[Zr]. The molecule has 0 heterocycles. The zero-order chi connectivity index (χ0) is 24.6. The molecule has 3 aromatic carbocycles. The normalized spacial score (nSPS) is 15.9. The van der Waals surface area contributed by atoms with E-state index in [1.54, 1.807) is 45.6 Å². The molecule has 0 atom stereocenters. The van der Waals surface area contributed by atoms with Gasteiger partial charge in [0.25, 0.3) is 0 Å². The molecule has 0 saturated carbocycles. The first-order chi connectivity index (χ1) is 15.6. The van der Waals surface area contributed by atoms with Crippen LogP contribution in [0.3, 0.4) is 0 Å². The van der Waals surface area contributed by atoms with E-state index in [0.717, 1.165) is 5.56 Å². The second-order valence-electron chi connectivity index (χ2n) is 10.9. The van der Waals surface area contributed by atoms with E-state index in [4.69, 9.17) is 0 Å². The average Bonchev–Trinajstić information content (AvgIpc) is 3.34. The fraction of sp³-hybridized carbons (Fsp3) is 0.452. The molecule has 4 heteroatoms. The second-order valence-corrected chi connectivity index (χ2v) is 10.9. The molecular weight excluding hydrogens is 563 g/mol. The van der Waals surface area contributed by atoms with Crippen molar-refractivity contribution < 1.29 is 23.3 Å². The van der Waals surface area contributed by atoms with Gasteiger partial charge in [0.05, 0.1) is 0 Å². The fourth-order valence-corrected chi connectivity index (χ4v) is 5.29. The molecule has 5 rings (SSSR count). The van der Waals surface area contributed by atoms with E-state index in [0.29, 0.717) is 10.8 Å². The predicted molar refractivity (Wildman–Crippen MR) is 159 cm³/mol. The summed E-state index contributed by atoms with van der Waals surface area (Å²) in [7, 11) is 0. The number of hydrogen-bond donors (Lipinski definition) is 0. The Hall–Kier alpha value is -0.530. The van der Waals surface area contributed by atoms with Crippen LogP contribution >= 0.6 is 24.8 Å². The molecule has 0 saturated heterocycles. The topological polar surface area (TPSA) is 0 Å². The van der Waals surface area contributed by atoms with Gasteiger partial charge in [-0.15, -0.1) is 36.9 Å². The van der Waals surface area contributed by atoms with Crippen LogP contribution in [0.5, 0.6) is 0 Å².